The molecular formula is C17H24F3N3O3S. The minimum absolute atomic E-state index is 0.00605. The summed E-state index contributed by atoms with van der Waals surface area (Å²) < 4.78 is 65.8. The number of halogens is 3. The van der Waals surface area contributed by atoms with E-state index in [1.165, 1.54) is 11.0 Å². The zero-order valence-electron chi connectivity index (χ0n) is 15.3. The second kappa shape index (κ2) is 8.57. The number of sulfonamides is 1. The number of likely N-dealkylation sites (N-methyl/N-ethyl adjacent to an activating group) is 1. The van der Waals surface area contributed by atoms with E-state index in [-0.39, 0.29) is 18.5 Å². The summed E-state index contributed by atoms with van der Waals surface area (Å²) in [5, 5.41) is 0. The number of hydrogen-bond donors (Lipinski definition) is 1. The molecule has 1 N–H and O–H groups in total. The van der Waals surface area contributed by atoms with Gasteiger partial charge in [0.05, 0.1) is 16.5 Å². The van der Waals surface area contributed by atoms with Gasteiger partial charge >= 0.3 is 6.18 Å². The van der Waals surface area contributed by atoms with Crippen LogP contribution in [0.5, 0.6) is 0 Å². The molecule has 1 aliphatic rings. The van der Waals surface area contributed by atoms with E-state index in [2.05, 4.69) is 4.72 Å². The molecule has 1 aromatic carbocycles. The number of hydrogen-bond acceptors (Lipinski definition) is 4. The average Bonchev–Trinajstić information content (AvgIpc) is 3.05. The summed E-state index contributed by atoms with van der Waals surface area (Å²) >= 11 is 0. The lowest BCUT2D eigenvalue weighted by molar-refractivity contribution is -0.140. The summed E-state index contributed by atoms with van der Waals surface area (Å²) in [5.74, 6) is 0.00665. The number of likely N-dealkylation sites (tertiary alicyclic amines) is 1. The Hall–Kier alpha value is -1.65. The molecule has 1 amide bonds. The molecule has 0 aromatic heterocycles. The van der Waals surface area contributed by atoms with E-state index in [1.807, 2.05) is 4.90 Å². The van der Waals surface area contributed by atoms with Crippen molar-refractivity contribution in [3.05, 3.63) is 29.8 Å². The maximum absolute atomic E-state index is 13.0. The van der Waals surface area contributed by atoms with Crippen LogP contribution in [0.1, 0.15) is 24.8 Å². The van der Waals surface area contributed by atoms with E-state index in [0.717, 1.165) is 37.6 Å². The highest BCUT2D eigenvalue weighted by molar-refractivity contribution is 7.89. The van der Waals surface area contributed by atoms with Crippen LogP contribution in [0.25, 0.3) is 0 Å². The van der Waals surface area contributed by atoms with Gasteiger partial charge in [0.2, 0.25) is 15.9 Å². The highest BCUT2D eigenvalue weighted by atomic mass is 32.2. The fraction of sp³-hybridized carbons (Fsp3) is 0.588. The molecule has 6 nitrogen and oxygen atoms in total. The lowest BCUT2D eigenvalue weighted by Gasteiger charge is -2.26. The Morgan fingerprint density at radius 3 is 2.59 bits per heavy atom. The van der Waals surface area contributed by atoms with Gasteiger partial charge in [-0.15, -0.1) is 0 Å². The van der Waals surface area contributed by atoms with E-state index in [1.54, 1.807) is 14.1 Å². The molecule has 1 saturated heterocycles. The molecule has 1 aromatic rings. The molecule has 1 fully saturated rings. The number of carbonyl (C=O) groups is 1. The first kappa shape index (κ1) is 21.6. The normalized spacial score (nSPS) is 18.6. The number of nitrogens with one attached hydrogen (secondary N) is 1. The Kier molecular flexibility index (Phi) is 6.87. The number of rotatable bonds is 7. The molecule has 1 heterocycles. The van der Waals surface area contributed by atoms with Crippen LogP contribution in [0.3, 0.4) is 0 Å². The third-order valence-corrected chi connectivity index (χ3v) is 6.00. The lowest BCUT2D eigenvalue weighted by atomic mass is 10.2. The van der Waals surface area contributed by atoms with E-state index in [9.17, 15) is 26.4 Å². The number of carbonyl (C=O) groups excluding carboxylic acids is 1. The molecule has 0 bridgehead atoms. The van der Waals surface area contributed by atoms with E-state index in [4.69, 9.17) is 0 Å². The Morgan fingerprint density at radius 1 is 1.30 bits per heavy atom. The molecule has 1 aliphatic heterocycles. The van der Waals surface area contributed by atoms with Crippen molar-refractivity contribution in [1.82, 2.24) is 14.5 Å². The Labute approximate surface area is 157 Å². The number of alkyl halides is 3. The van der Waals surface area contributed by atoms with Gasteiger partial charge in [0.1, 0.15) is 0 Å². The molecular weight excluding hydrogens is 383 g/mol. The first-order valence-corrected chi connectivity index (χ1v) is 10.1. The highest BCUT2D eigenvalue weighted by Crippen LogP contribution is 2.33. The minimum atomic E-state index is -4.75. The second-order valence-corrected chi connectivity index (χ2v) is 8.41. The van der Waals surface area contributed by atoms with Crippen LogP contribution in [-0.4, -0.2) is 63.9 Å². The molecule has 152 valence electrons. The smallest absolute Gasteiger partial charge is 0.347 e. The van der Waals surface area contributed by atoms with Gasteiger partial charge in [-0.3, -0.25) is 9.69 Å². The molecule has 27 heavy (non-hydrogen) atoms. The average molecular weight is 407 g/mol. The Balaban J connectivity index is 1.95. The zero-order chi connectivity index (χ0) is 20.2. The predicted octanol–water partition coefficient (Wildman–Crippen LogP) is 1.93. The summed E-state index contributed by atoms with van der Waals surface area (Å²) in [4.78, 5) is 14.9. The maximum atomic E-state index is 13.0. The predicted molar refractivity (Wildman–Crippen MR) is 94.5 cm³/mol. The summed E-state index contributed by atoms with van der Waals surface area (Å²) in [6.07, 6.45) is -2.72. The first-order chi connectivity index (χ1) is 12.5. The van der Waals surface area contributed by atoms with E-state index >= 15 is 0 Å². The van der Waals surface area contributed by atoms with Crippen LogP contribution in [-0.2, 0) is 21.0 Å². The van der Waals surface area contributed by atoms with Crippen molar-refractivity contribution in [2.45, 2.75) is 36.4 Å². The van der Waals surface area contributed by atoms with E-state index < -0.39 is 26.7 Å². The molecule has 1 atom stereocenters. The van der Waals surface area contributed by atoms with Crippen molar-refractivity contribution in [2.75, 3.05) is 33.7 Å². The fourth-order valence-electron chi connectivity index (χ4n) is 3.17. The fourth-order valence-corrected chi connectivity index (χ4v) is 4.47. The topological polar surface area (TPSA) is 69.7 Å². The van der Waals surface area contributed by atoms with Gasteiger partial charge in [-0.05, 0) is 37.9 Å². The lowest BCUT2D eigenvalue weighted by Crippen LogP contribution is -2.43. The van der Waals surface area contributed by atoms with Gasteiger partial charge in [-0.25, -0.2) is 13.1 Å². The van der Waals surface area contributed by atoms with E-state index in [0.29, 0.717) is 13.0 Å². The Morgan fingerprint density at radius 2 is 1.96 bits per heavy atom. The number of amides is 1. The van der Waals surface area contributed by atoms with Crippen molar-refractivity contribution < 1.29 is 26.4 Å². The molecule has 0 aliphatic carbocycles. The monoisotopic (exact) mass is 407 g/mol. The summed E-state index contributed by atoms with van der Waals surface area (Å²) in [6, 6.07) is 3.87. The van der Waals surface area contributed by atoms with Gasteiger partial charge in [0.25, 0.3) is 0 Å². The molecule has 0 spiro atoms. The van der Waals surface area contributed by atoms with Crippen molar-refractivity contribution in [3.63, 3.8) is 0 Å². The maximum Gasteiger partial charge on any atom is 0.417 e. The largest absolute Gasteiger partial charge is 0.417 e. The number of nitrogens with zero attached hydrogens (tertiary/aromatic N) is 2. The Bertz CT molecular complexity index is 766. The quantitative estimate of drug-likeness (QED) is 0.702. The first-order valence-electron chi connectivity index (χ1n) is 8.65. The van der Waals surface area contributed by atoms with Crippen LogP contribution in [0, 0.1) is 0 Å². The molecule has 0 radical (unpaired) electrons. The molecule has 2 rings (SSSR count). The second-order valence-electron chi connectivity index (χ2n) is 6.67. The minimum Gasteiger partial charge on any atom is -0.347 e. The SMILES string of the molecule is CN(C)C(=O)C1CCCN1CCCNS(=O)(=O)c1ccccc1C(F)(F)F. The zero-order valence-corrected chi connectivity index (χ0v) is 16.1. The van der Waals surface area contributed by atoms with Crippen molar-refractivity contribution in [3.8, 4) is 0 Å². The summed E-state index contributed by atoms with van der Waals surface area (Å²) in [5.41, 5.74) is -1.19. The third-order valence-electron chi connectivity index (χ3n) is 4.49. The molecule has 10 heteroatoms. The summed E-state index contributed by atoms with van der Waals surface area (Å²) in [7, 11) is -0.906. The standard InChI is InChI=1S/C17H24F3N3O3S/c1-22(2)16(24)14-8-5-11-23(14)12-6-10-21-27(25,26)15-9-4-3-7-13(15)17(18,19)20/h3-4,7,9,14,21H,5-6,8,10-12H2,1-2H3. The van der Waals surface area contributed by atoms with Crippen LogP contribution in [0.4, 0.5) is 13.2 Å². The summed E-state index contributed by atoms with van der Waals surface area (Å²) in [6.45, 7) is 1.23. The van der Waals surface area contributed by atoms with Crippen molar-refractivity contribution in [2.24, 2.45) is 0 Å². The van der Waals surface area contributed by atoms with Crippen LogP contribution < -0.4 is 4.72 Å². The van der Waals surface area contributed by atoms with Gasteiger partial charge in [0, 0.05) is 27.2 Å². The van der Waals surface area contributed by atoms with Gasteiger partial charge in [0.15, 0.2) is 0 Å². The van der Waals surface area contributed by atoms with Gasteiger partial charge in [-0.1, -0.05) is 12.1 Å². The highest BCUT2D eigenvalue weighted by Gasteiger charge is 2.37. The molecule has 1 unspecified atom stereocenters. The third kappa shape index (κ3) is 5.43. The van der Waals surface area contributed by atoms with Crippen molar-refractivity contribution >= 4 is 15.9 Å². The van der Waals surface area contributed by atoms with Gasteiger partial charge < -0.3 is 4.90 Å². The molecule has 0 saturated carbocycles. The van der Waals surface area contributed by atoms with Crippen LogP contribution in [0.2, 0.25) is 0 Å². The van der Waals surface area contributed by atoms with Crippen LogP contribution in [0.15, 0.2) is 29.2 Å². The van der Waals surface area contributed by atoms with Crippen molar-refractivity contribution in [1.29, 1.82) is 0 Å². The number of benzene rings is 1. The van der Waals surface area contributed by atoms with Gasteiger partial charge in [-0.2, -0.15) is 13.2 Å². The van der Waals surface area contributed by atoms with Crippen LogP contribution >= 0.6 is 0 Å².